The van der Waals surface area contributed by atoms with Crippen LogP contribution in [0.25, 0.3) is 6.08 Å². The average Bonchev–Trinajstić information content (AvgIpc) is 3.09. The summed E-state index contributed by atoms with van der Waals surface area (Å²) in [6.07, 6.45) is 5.14. The first-order chi connectivity index (χ1) is 15.0. The predicted molar refractivity (Wildman–Crippen MR) is 118 cm³/mol. The summed E-state index contributed by atoms with van der Waals surface area (Å²) in [5.41, 5.74) is 1.65. The van der Waals surface area contributed by atoms with E-state index in [2.05, 4.69) is 0 Å². The number of esters is 1. The number of halogens is 1. The molecule has 1 aliphatic heterocycles. The Hall–Kier alpha value is -3.83. The summed E-state index contributed by atoms with van der Waals surface area (Å²) < 4.78 is 16.4. The molecule has 1 aliphatic rings. The topological polar surface area (TPSA) is 61.8 Å². The zero-order chi connectivity index (χ0) is 21.8. The number of benzene rings is 3. The normalized spacial score (nSPS) is 13.9. The SMILES string of the molecule is COc1ccccc1C=CC=C1Oc2cc(OC(=O)c3ccc(Cl)cc3)ccc2C1=O. The second kappa shape index (κ2) is 8.90. The molecule has 0 unspecified atom stereocenters. The third kappa shape index (κ3) is 4.52. The summed E-state index contributed by atoms with van der Waals surface area (Å²) in [4.78, 5) is 24.9. The number of hydrogen-bond acceptors (Lipinski definition) is 5. The number of carbonyl (C=O) groups excluding carboxylic acids is 2. The smallest absolute Gasteiger partial charge is 0.343 e. The van der Waals surface area contributed by atoms with Crippen LogP contribution in [-0.4, -0.2) is 18.9 Å². The first-order valence-electron chi connectivity index (χ1n) is 9.41. The van der Waals surface area contributed by atoms with Gasteiger partial charge in [-0.15, -0.1) is 0 Å². The molecular weight excluding hydrogens is 416 g/mol. The van der Waals surface area contributed by atoms with E-state index in [4.69, 9.17) is 25.8 Å². The molecule has 154 valence electrons. The van der Waals surface area contributed by atoms with Gasteiger partial charge in [0.05, 0.1) is 18.2 Å². The Morgan fingerprint density at radius 1 is 1.03 bits per heavy atom. The van der Waals surface area contributed by atoms with Gasteiger partial charge >= 0.3 is 5.97 Å². The minimum atomic E-state index is -0.531. The Bertz CT molecular complexity index is 1210. The molecule has 0 saturated carbocycles. The van der Waals surface area contributed by atoms with Crippen molar-refractivity contribution >= 4 is 29.4 Å². The minimum absolute atomic E-state index is 0.183. The molecule has 0 amide bonds. The Labute approximate surface area is 184 Å². The Kier molecular flexibility index (Phi) is 5.87. The Morgan fingerprint density at radius 2 is 1.81 bits per heavy atom. The summed E-state index contributed by atoms with van der Waals surface area (Å²) in [5, 5.41) is 0.528. The van der Waals surface area contributed by atoms with Crippen molar-refractivity contribution in [3.63, 3.8) is 0 Å². The second-order valence-electron chi connectivity index (χ2n) is 6.62. The van der Waals surface area contributed by atoms with Gasteiger partial charge in [0.1, 0.15) is 17.2 Å². The zero-order valence-corrected chi connectivity index (χ0v) is 17.3. The van der Waals surface area contributed by atoms with Crippen LogP contribution < -0.4 is 14.2 Å². The van der Waals surface area contributed by atoms with Crippen LogP contribution in [0.3, 0.4) is 0 Å². The third-order valence-electron chi connectivity index (χ3n) is 4.59. The fourth-order valence-electron chi connectivity index (χ4n) is 3.04. The molecule has 0 atom stereocenters. The number of fused-ring (bicyclic) bond motifs is 1. The molecule has 0 fully saturated rings. The van der Waals surface area contributed by atoms with Crippen LogP contribution in [0.4, 0.5) is 0 Å². The number of allylic oxidation sites excluding steroid dienone is 3. The quantitative estimate of drug-likeness (QED) is 0.292. The number of carbonyl (C=O) groups is 2. The maximum absolute atomic E-state index is 12.6. The van der Waals surface area contributed by atoms with Crippen LogP contribution in [0, 0.1) is 0 Å². The molecule has 1 heterocycles. The summed E-state index contributed by atoms with van der Waals surface area (Å²) in [5.74, 6) is 0.751. The van der Waals surface area contributed by atoms with Crippen LogP contribution in [-0.2, 0) is 0 Å². The van der Waals surface area contributed by atoms with Crippen molar-refractivity contribution < 1.29 is 23.8 Å². The van der Waals surface area contributed by atoms with Crippen molar-refractivity contribution in [2.75, 3.05) is 7.11 Å². The van der Waals surface area contributed by atoms with E-state index in [0.29, 0.717) is 21.9 Å². The van der Waals surface area contributed by atoms with Gasteiger partial charge < -0.3 is 14.2 Å². The van der Waals surface area contributed by atoms with Crippen LogP contribution in [0.1, 0.15) is 26.3 Å². The number of para-hydroxylation sites is 1. The van der Waals surface area contributed by atoms with Crippen molar-refractivity contribution in [3.05, 3.63) is 106 Å². The molecule has 31 heavy (non-hydrogen) atoms. The number of Topliss-reactive ketones (excluding diaryl/α,β-unsaturated/α-hetero) is 1. The predicted octanol–water partition coefficient (Wildman–Crippen LogP) is 5.74. The van der Waals surface area contributed by atoms with E-state index in [9.17, 15) is 9.59 Å². The fourth-order valence-corrected chi connectivity index (χ4v) is 3.17. The number of hydrogen-bond donors (Lipinski definition) is 0. The molecule has 0 aromatic heterocycles. The standard InChI is InChI=1S/C25H17ClO5/c1-29-21-7-3-2-5-16(21)6-4-8-22-24(27)20-14-13-19(15-23(20)31-22)30-25(28)17-9-11-18(26)12-10-17/h2-15H,1H3. The minimum Gasteiger partial charge on any atom is -0.496 e. The lowest BCUT2D eigenvalue weighted by atomic mass is 10.1. The molecule has 0 radical (unpaired) electrons. The van der Waals surface area contributed by atoms with Gasteiger partial charge in [-0.1, -0.05) is 42.0 Å². The molecule has 5 nitrogen and oxygen atoms in total. The average molecular weight is 433 g/mol. The Morgan fingerprint density at radius 3 is 2.58 bits per heavy atom. The van der Waals surface area contributed by atoms with Gasteiger partial charge in [-0.3, -0.25) is 4.79 Å². The largest absolute Gasteiger partial charge is 0.496 e. The van der Waals surface area contributed by atoms with Crippen LogP contribution in [0.15, 0.2) is 84.6 Å². The van der Waals surface area contributed by atoms with Crippen LogP contribution in [0.5, 0.6) is 17.2 Å². The lowest BCUT2D eigenvalue weighted by Gasteiger charge is -2.05. The molecule has 3 aromatic carbocycles. The van der Waals surface area contributed by atoms with Gasteiger partial charge in [0.15, 0.2) is 5.76 Å². The summed E-state index contributed by atoms with van der Waals surface area (Å²) >= 11 is 5.84. The summed E-state index contributed by atoms with van der Waals surface area (Å²) in [6, 6.07) is 18.6. The highest BCUT2D eigenvalue weighted by atomic mass is 35.5. The van der Waals surface area contributed by atoms with Crippen molar-refractivity contribution in [2.24, 2.45) is 0 Å². The molecule has 0 bridgehead atoms. The van der Waals surface area contributed by atoms with Gasteiger partial charge in [0.2, 0.25) is 5.78 Å². The second-order valence-corrected chi connectivity index (χ2v) is 7.05. The summed E-state index contributed by atoms with van der Waals surface area (Å²) in [7, 11) is 1.60. The van der Waals surface area contributed by atoms with Crippen molar-refractivity contribution in [1.29, 1.82) is 0 Å². The van der Waals surface area contributed by atoms with E-state index in [1.165, 1.54) is 6.07 Å². The highest BCUT2D eigenvalue weighted by Gasteiger charge is 2.27. The fraction of sp³-hybridized carbons (Fsp3) is 0.0400. The number of rotatable bonds is 5. The van der Waals surface area contributed by atoms with Gasteiger partial charge in [-0.05, 0) is 48.5 Å². The lowest BCUT2D eigenvalue weighted by Crippen LogP contribution is -2.08. The van der Waals surface area contributed by atoms with Gasteiger partial charge in [-0.2, -0.15) is 0 Å². The molecule has 0 saturated heterocycles. The molecule has 0 spiro atoms. The molecular formula is C25H17ClO5. The maximum Gasteiger partial charge on any atom is 0.343 e. The van der Waals surface area contributed by atoms with E-state index in [-0.39, 0.29) is 17.3 Å². The van der Waals surface area contributed by atoms with E-state index >= 15 is 0 Å². The number of ether oxygens (including phenoxy) is 3. The highest BCUT2D eigenvalue weighted by molar-refractivity contribution is 6.30. The van der Waals surface area contributed by atoms with E-state index in [1.54, 1.807) is 55.7 Å². The van der Waals surface area contributed by atoms with Crippen molar-refractivity contribution in [2.45, 2.75) is 0 Å². The van der Waals surface area contributed by atoms with E-state index in [0.717, 1.165) is 11.3 Å². The highest BCUT2D eigenvalue weighted by Crippen LogP contribution is 2.34. The van der Waals surface area contributed by atoms with Crippen LogP contribution >= 0.6 is 11.6 Å². The van der Waals surface area contributed by atoms with Gasteiger partial charge in [-0.25, -0.2) is 4.79 Å². The van der Waals surface area contributed by atoms with Gasteiger partial charge in [0.25, 0.3) is 0 Å². The molecule has 3 aromatic rings. The molecule has 0 N–H and O–H groups in total. The Balaban J connectivity index is 1.49. The molecule has 0 aliphatic carbocycles. The van der Waals surface area contributed by atoms with Gasteiger partial charge in [0, 0.05) is 16.7 Å². The number of methoxy groups -OCH3 is 1. The first kappa shape index (κ1) is 20.4. The van der Waals surface area contributed by atoms with E-state index < -0.39 is 5.97 Å². The van der Waals surface area contributed by atoms with Crippen LogP contribution in [0.2, 0.25) is 5.02 Å². The molecule has 6 heteroatoms. The lowest BCUT2D eigenvalue weighted by molar-refractivity contribution is 0.0734. The van der Waals surface area contributed by atoms with E-state index in [1.807, 2.05) is 30.3 Å². The first-order valence-corrected chi connectivity index (χ1v) is 9.78. The van der Waals surface area contributed by atoms with Crippen molar-refractivity contribution in [1.82, 2.24) is 0 Å². The monoisotopic (exact) mass is 432 g/mol. The number of ketones is 1. The zero-order valence-electron chi connectivity index (χ0n) is 16.5. The maximum atomic E-state index is 12.6. The molecule has 4 rings (SSSR count). The summed E-state index contributed by atoms with van der Waals surface area (Å²) in [6.45, 7) is 0. The van der Waals surface area contributed by atoms with Crippen molar-refractivity contribution in [3.8, 4) is 17.2 Å². The third-order valence-corrected chi connectivity index (χ3v) is 4.85.